The molecule has 0 unspecified atom stereocenters. The summed E-state index contributed by atoms with van der Waals surface area (Å²) in [5.74, 6) is -0.210. The molecule has 1 aliphatic carbocycles. The van der Waals surface area contributed by atoms with E-state index >= 15 is 0 Å². The molecule has 0 radical (unpaired) electrons. The highest BCUT2D eigenvalue weighted by atomic mass is 35.5. The number of methoxy groups -OCH3 is 1. The second-order valence-corrected chi connectivity index (χ2v) is 13.7. The molecule has 2 aromatic carbocycles. The van der Waals surface area contributed by atoms with Crippen molar-refractivity contribution in [1.82, 2.24) is 24.6 Å². The number of pyridine rings is 1. The molecule has 4 aromatic rings. The lowest BCUT2D eigenvalue weighted by molar-refractivity contribution is 0.0255. The summed E-state index contributed by atoms with van der Waals surface area (Å²) in [7, 11) is 1.59. The van der Waals surface area contributed by atoms with Crippen LogP contribution >= 0.6 is 23.2 Å². The van der Waals surface area contributed by atoms with Crippen LogP contribution < -0.4 is 10.5 Å². The van der Waals surface area contributed by atoms with Crippen molar-refractivity contribution in [2.45, 2.75) is 45.6 Å². The zero-order chi connectivity index (χ0) is 34.3. The Hall–Kier alpha value is -4.61. The quantitative estimate of drug-likeness (QED) is 0.264. The molecule has 1 fully saturated rings. The Morgan fingerprint density at radius 1 is 0.875 bits per heavy atom. The van der Waals surface area contributed by atoms with Gasteiger partial charge >= 0.3 is 6.09 Å². The first-order valence-corrected chi connectivity index (χ1v) is 16.4. The molecule has 0 spiro atoms. The first-order chi connectivity index (χ1) is 22.8. The summed E-state index contributed by atoms with van der Waals surface area (Å²) in [6, 6.07) is 10.7. The van der Waals surface area contributed by atoms with Crippen LogP contribution in [0.25, 0.3) is 28.1 Å². The average Bonchev–Trinajstić information content (AvgIpc) is 3.25. The summed E-state index contributed by atoms with van der Waals surface area (Å²) in [5, 5.41) is 5.77. The number of aromatic nitrogens is 3. The zero-order valence-corrected chi connectivity index (χ0v) is 28.7. The van der Waals surface area contributed by atoms with Crippen LogP contribution in [0.1, 0.15) is 59.2 Å². The molecule has 1 aliphatic heterocycles. The molecule has 0 atom stereocenters. The SMILES string of the molecule is COc1cc2c(cc1-c1cncc(C(N)=O)c1)-c1c(c(C(=O)N3CCCN(C(=O)OC(C)(C)C)CC3)nn1-c1cc(Cl)cc(Cl)c1)CC2. The van der Waals surface area contributed by atoms with Gasteiger partial charge in [-0.1, -0.05) is 23.2 Å². The number of amides is 3. The van der Waals surface area contributed by atoms with E-state index in [1.54, 1.807) is 52.1 Å². The second kappa shape index (κ2) is 13.1. The van der Waals surface area contributed by atoms with E-state index in [-0.39, 0.29) is 11.5 Å². The van der Waals surface area contributed by atoms with Crippen molar-refractivity contribution in [3.05, 3.63) is 81.2 Å². The third kappa shape index (κ3) is 6.70. The monoisotopic (exact) mass is 690 g/mol. The molecule has 3 heterocycles. The van der Waals surface area contributed by atoms with Crippen LogP contribution in [-0.2, 0) is 17.6 Å². The van der Waals surface area contributed by atoms with Gasteiger partial charge in [0, 0.05) is 70.9 Å². The smallest absolute Gasteiger partial charge is 0.410 e. The maximum atomic E-state index is 14.3. The molecule has 3 amide bonds. The van der Waals surface area contributed by atoms with Crippen LogP contribution in [0.15, 0.2) is 48.8 Å². The topological polar surface area (TPSA) is 133 Å². The predicted octanol–water partition coefficient (Wildman–Crippen LogP) is 6.20. The third-order valence-electron chi connectivity index (χ3n) is 8.37. The van der Waals surface area contributed by atoms with Gasteiger partial charge in [-0.2, -0.15) is 5.10 Å². The highest BCUT2D eigenvalue weighted by Crippen LogP contribution is 2.43. The van der Waals surface area contributed by atoms with Crippen molar-refractivity contribution in [2.75, 3.05) is 33.3 Å². The molecule has 2 aliphatic rings. The number of nitrogens with two attached hydrogens (primary N) is 1. The Bertz CT molecular complexity index is 1910. The van der Waals surface area contributed by atoms with Crippen LogP contribution in [0.3, 0.4) is 0 Å². The zero-order valence-electron chi connectivity index (χ0n) is 27.2. The van der Waals surface area contributed by atoms with Crippen molar-refractivity contribution in [1.29, 1.82) is 0 Å². The fourth-order valence-electron chi connectivity index (χ4n) is 6.19. The molecule has 250 valence electrons. The lowest BCUT2D eigenvalue weighted by atomic mass is 9.86. The van der Waals surface area contributed by atoms with Crippen LogP contribution in [-0.4, -0.2) is 81.4 Å². The number of aryl methyl sites for hydroxylation is 1. The number of ether oxygens (including phenoxy) is 2. The number of hydrogen-bond acceptors (Lipinski definition) is 7. The highest BCUT2D eigenvalue weighted by molar-refractivity contribution is 6.34. The number of fused-ring (bicyclic) bond motifs is 3. The molecule has 0 bridgehead atoms. The number of primary amides is 1. The molecule has 2 aromatic heterocycles. The van der Waals surface area contributed by atoms with Crippen LogP contribution in [0.2, 0.25) is 10.0 Å². The van der Waals surface area contributed by atoms with Crippen LogP contribution in [0.5, 0.6) is 5.75 Å². The second-order valence-electron chi connectivity index (χ2n) is 12.9. The molecule has 48 heavy (non-hydrogen) atoms. The fourth-order valence-corrected chi connectivity index (χ4v) is 6.70. The number of halogens is 2. The molecule has 13 heteroatoms. The minimum atomic E-state index is -0.616. The van der Waals surface area contributed by atoms with E-state index in [4.69, 9.17) is 43.5 Å². The molecule has 2 N–H and O–H groups in total. The summed E-state index contributed by atoms with van der Waals surface area (Å²) in [6.45, 7) is 7.12. The Morgan fingerprint density at radius 3 is 2.27 bits per heavy atom. The van der Waals surface area contributed by atoms with Gasteiger partial charge in [0.15, 0.2) is 5.69 Å². The molecular formula is C35H36Cl2N6O5. The van der Waals surface area contributed by atoms with Crippen LogP contribution in [0, 0.1) is 0 Å². The number of carbonyl (C=O) groups excluding carboxylic acids is 3. The highest BCUT2D eigenvalue weighted by Gasteiger charge is 2.34. The minimum Gasteiger partial charge on any atom is -0.496 e. The Morgan fingerprint density at radius 2 is 1.58 bits per heavy atom. The molecule has 1 saturated heterocycles. The van der Waals surface area contributed by atoms with E-state index < -0.39 is 17.6 Å². The van der Waals surface area contributed by atoms with Crippen molar-refractivity contribution in [2.24, 2.45) is 5.73 Å². The summed E-state index contributed by atoms with van der Waals surface area (Å²) in [4.78, 5) is 46.7. The lowest BCUT2D eigenvalue weighted by Gasteiger charge is -2.26. The average molecular weight is 692 g/mol. The number of carbonyl (C=O) groups is 3. The van der Waals surface area contributed by atoms with Gasteiger partial charge in [-0.25, -0.2) is 9.48 Å². The number of rotatable bonds is 5. The van der Waals surface area contributed by atoms with Gasteiger partial charge in [-0.3, -0.25) is 14.6 Å². The maximum absolute atomic E-state index is 14.3. The third-order valence-corrected chi connectivity index (χ3v) is 8.81. The summed E-state index contributed by atoms with van der Waals surface area (Å²) in [6.07, 6.45) is 4.45. The van der Waals surface area contributed by atoms with Crippen molar-refractivity contribution >= 4 is 41.1 Å². The van der Waals surface area contributed by atoms with Gasteiger partial charge in [-0.05, 0) is 82.0 Å². The van der Waals surface area contributed by atoms with Crippen molar-refractivity contribution in [3.8, 4) is 33.8 Å². The normalized spacial score (nSPS) is 14.5. The largest absolute Gasteiger partial charge is 0.496 e. The van der Waals surface area contributed by atoms with Gasteiger partial charge < -0.3 is 25.0 Å². The standard InChI is InChI=1S/C35H36Cl2N6O5/c1-35(2,3)48-34(46)42-9-5-8-41(10-11-42)33(45)30-26-7-6-20-13-29(47-4)27(21-12-22(32(38)44)19-39-18-21)17-28(20)31(26)43(40-30)25-15-23(36)14-24(37)16-25/h12-19H,5-11H2,1-4H3,(H2,38,44). The number of hydrogen-bond donors (Lipinski definition) is 1. The summed E-state index contributed by atoms with van der Waals surface area (Å²) in [5.41, 5.74) is 10.8. The van der Waals surface area contributed by atoms with E-state index in [0.717, 1.165) is 22.4 Å². The predicted molar refractivity (Wildman–Crippen MR) is 183 cm³/mol. The molecular weight excluding hydrogens is 655 g/mol. The first kappa shape index (κ1) is 33.3. The van der Waals surface area contributed by atoms with Gasteiger partial charge in [0.05, 0.1) is 24.1 Å². The Kier molecular flexibility index (Phi) is 9.10. The lowest BCUT2D eigenvalue weighted by Crippen LogP contribution is -2.40. The summed E-state index contributed by atoms with van der Waals surface area (Å²) < 4.78 is 13.1. The molecule has 6 rings (SSSR count). The van der Waals surface area contributed by atoms with E-state index in [9.17, 15) is 14.4 Å². The van der Waals surface area contributed by atoms with Crippen LogP contribution in [0.4, 0.5) is 4.79 Å². The van der Waals surface area contributed by atoms with Gasteiger partial charge in [0.1, 0.15) is 11.4 Å². The number of nitrogens with zero attached hydrogens (tertiary/aromatic N) is 5. The molecule has 0 saturated carbocycles. The Balaban J connectivity index is 1.45. The fraction of sp³-hybridized carbons (Fsp3) is 0.343. The van der Waals surface area contributed by atoms with E-state index in [1.165, 1.54) is 6.20 Å². The van der Waals surface area contributed by atoms with Crippen molar-refractivity contribution in [3.63, 3.8) is 0 Å². The summed E-state index contributed by atoms with van der Waals surface area (Å²) >= 11 is 12.9. The van der Waals surface area contributed by atoms with Gasteiger partial charge in [0.2, 0.25) is 5.91 Å². The molecule has 11 nitrogen and oxygen atoms in total. The number of benzene rings is 2. The maximum Gasteiger partial charge on any atom is 0.410 e. The first-order valence-electron chi connectivity index (χ1n) is 15.6. The van der Waals surface area contributed by atoms with Gasteiger partial charge in [0.25, 0.3) is 5.91 Å². The van der Waals surface area contributed by atoms with E-state index in [0.29, 0.717) is 83.7 Å². The van der Waals surface area contributed by atoms with Crippen molar-refractivity contribution < 1.29 is 23.9 Å². The van der Waals surface area contributed by atoms with E-state index in [1.807, 2.05) is 32.9 Å². The van der Waals surface area contributed by atoms with Gasteiger partial charge in [-0.15, -0.1) is 0 Å². The Labute approximate surface area is 288 Å². The van der Waals surface area contributed by atoms with E-state index in [2.05, 4.69) is 4.98 Å². The minimum absolute atomic E-state index is 0.222.